The van der Waals surface area contributed by atoms with E-state index in [0.717, 1.165) is 42.7 Å². The van der Waals surface area contributed by atoms with Crippen LogP contribution in [-0.2, 0) is 12.8 Å². The normalized spacial score (nSPS) is 17.9. The van der Waals surface area contributed by atoms with Gasteiger partial charge in [0.25, 0.3) is 0 Å². The number of halogens is 2. The molecule has 1 aliphatic rings. The molecule has 1 aromatic heterocycles. The number of hydrogen-bond donors (Lipinski definition) is 1. The molecule has 3 rings (SSSR count). The van der Waals surface area contributed by atoms with Gasteiger partial charge in [-0.05, 0) is 55.5 Å². The van der Waals surface area contributed by atoms with Crippen LogP contribution in [0.4, 0.5) is 8.78 Å². The molecule has 0 radical (unpaired) electrons. The number of nitrogens with zero attached hydrogens (tertiary/aromatic N) is 2. The van der Waals surface area contributed by atoms with Crippen molar-refractivity contribution >= 4 is 0 Å². The number of aryl methyl sites for hydroxylation is 1. The van der Waals surface area contributed by atoms with Gasteiger partial charge in [0.05, 0.1) is 0 Å². The molecular weight excluding hydrogens is 260 g/mol. The minimum atomic E-state index is -0.882. The fourth-order valence-electron chi connectivity index (χ4n) is 2.56. The second-order valence-corrected chi connectivity index (χ2v) is 5.14. The number of fused-ring (bicyclic) bond motifs is 1. The maximum atomic E-state index is 13.3. The summed E-state index contributed by atoms with van der Waals surface area (Å²) in [5, 5.41) is 0. The fourth-order valence-corrected chi connectivity index (χ4v) is 2.56. The number of nitrogens with two attached hydrogens (primary N) is 1. The third kappa shape index (κ3) is 2.41. The Bertz CT molecular complexity index is 643. The first-order valence-electron chi connectivity index (χ1n) is 6.67. The van der Waals surface area contributed by atoms with Crippen molar-refractivity contribution in [3.8, 4) is 11.4 Å². The zero-order valence-electron chi connectivity index (χ0n) is 10.9. The summed E-state index contributed by atoms with van der Waals surface area (Å²) in [6, 6.07) is 3.71. The molecule has 0 aliphatic heterocycles. The first kappa shape index (κ1) is 13.1. The van der Waals surface area contributed by atoms with Crippen molar-refractivity contribution < 1.29 is 8.78 Å². The molecule has 1 atom stereocenters. The van der Waals surface area contributed by atoms with Crippen LogP contribution in [0.2, 0.25) is 0 Å². The molecule has 0 bridgehead atoms. The van der Waals surface area contributed by atoms with Gasteiger partial charge in [-0.3, -0.25) is 0 Å². The van der Waals surface area contributed by atoms with Gasteiger partial charge in [-0.1, -0.05) is 0 Å². The molecule has 2 aromatic rings. The van der Waals surface area contributed by atoms with Gasteiger partial charge in [0, 0.05) is 17.5 Å². The second kappa shape index (κ2) is 5.25. The van der Waals surface area contributed by atoms with E-state index in [0.29, 0.717) is 23.9 Å². The van der Waals surface area contributed by atoms with Gasteiger partial charge in [-0.2, -0.15) is 0 Å². The molecule has 2 N–H and O–H groups in total. The van der Waals surface area contributed by atoms with Gasteiger partial charge in [-0.25, -0.2) is 18.7 Å². The number of benzene rings is 1. The van der Waals surface area contributed by atoms with Crippen molar-refractivity contribution in [3.05, 3.63) is 47.3 Å². The summed E-state index contributed by atoms with van der Waals surface area (Å²) in [6.45, 7) is 0.671. The Morgan fingerprint density at radius 1 is 1.25 bits per heavy atom. The average molecular weight is 275 g/mol. The molecule has 1 unspecified atom stereocenters. The van der Waals surface area contributed by atoms with Crippen molar-refractivity contribution in [2.45, 2.75) is 19.3 Å². The summed E-state index contributed by atoms with van der Waals surface area (Å²) in [5.41, 5.74) is 8.29. The lowest BCUT2D eigenvalue weighted by Gasteiger charge is -2.22. The van der Waals surface area contributed by atoms with Gasteiger partial charge < -0.3 is 5.73 Å². The topological polar surface area (TPSA) is 51.8 Å². The van der Waals surface area contributed by atoms with E-state index >= 15 is 0 Å². The van der Waals surface area contributed by atoms with Crippen LogP contribution in [0.3, 0.4) is 0 Å². The number of aromatic nitrogens is 2. The molecule has 104 valence electrons. The van der Waals surface area contributed by atoms with E-state index in [1.165, 1.54) is 6.07 Å². The minimum absolute atomic E-state index is 0.439. The molecular formula is C15H15F2N3. The zero-order chi connectivity index (χ0) is 14.1. The van der Waals surface area contributed by atoms with Crippen LogP contribution in [-0.4, -0.2) is 16.5 Å². The van der Waals surface area contributed by atoms with Crippen LogP contribution < -0.4 is 5.73 Å². The van der Waals surface area contributed by atoms with E-state index in [9.17, 15) is 8.78 Å². The van der Waals surface area contributed by atoms with E-state index in [1.54, 1.807) is 6.20 Å². The standard InChI is InChI=1S/C15H15F2N3/c16-12-3-2-10(6-13(12)17)15-19-8-11-5-9(7-18)1-4-14(11)20-15/h2-3,6,8-9H,1,4-5,7,18H2. The number of rotatable bonds is 2. The van der Waals surface area contributed by atoms with Crippen LogP contribution >= 0.6 is 0 Å². The molecule has 0 saturated heterocycles. The maximum absolute atomic E-state index is 13.3. The third-order valence-electron chi connectivity index (χ3n) is 3.76. The maximum Gasteiger partial charge on any atom is 0.159 e. The Labute approximate surface area is 115 Å². The fraction of sp³-hybridized carbons (Fsp3) is 0.333. The molecule has 0 amide bonds. The molecule has 1 aliphatic carbocycles. The molecule has 1 heterocycles. The second-order valence-electron chi connectivity index (χ2n) is 5.14. The Kier molecular flexibility index (Phi) is 3.44. The van der Waals surface area contributed by atoms with Gasteiger partial charge in [0.1, 0.15) is 0 Å². The molecule has 5 heteroatoms. The van der Waals surface area contributed by atoms with Gasteiger partial charge in [0.2, 0.25) is 0 Å². The molecule has 1 aromatic carbocycles. The summed E-state index contributed by atoms with van der Waals surface area (Å²) >= 11 is 0. The predicted molar refractivity (Wildman–Crippen MR) is 72.0 cm³/mol. The Balaban J connectivity index is 1.94. The summed E-state index contributed by atoms with van der Waals surface area (Å²) < 4.78 is 26.2. The van der Waals surface area contributed by atoms with Crippen LogP contribution in [0.25, 0.3) is 11.4 Å². The highest BCUT2D eigenvalue weighted by Crippen LogP contribution is 2.25. The Morgan fingerprint density at radius 2 is 2.10 bits per heavy atom. The summed E-state index contributed by atoms with van der Waals surface area (Å²) in [5.74, 6) is -0.821. The molecule has 0 fully saturated rings. The van der Waals surface area contributed by atoms with Gasteiger partial charge >= 0.3 is 0 Å². The van der Waals surface area contributed by atoms with E-state index in [2.05, 4.69) is 9.97 Å². The highest BCUT2D eigenvalue weighted by atomic mass is 19.2. The van der Waals surface area contributed by atoms with Crippen LogP contribution in [0.15, 0.2) is 24.4 Å². The quantitative estimate of drug-likeness (QED) is 0.916. The van der Waals surface area contributed by atoms with Crippen LogP contribution in [0.1, 0.15) is 17.7 Å². The van der Waals surface area contributed by atoms with Gasteiger partial charge in [0.15, 0.2) is 17.5 Å². The number of hydrogen-bond acceptors (Lipinski definition) is 3. The Morgan fingerprint density at radius 3 is 2.85 bits per heavy atom. The van der Waals surface area contributed by atoms with E-state index in [1.807, 2.05) is 0 Å². The summed E-state index contributed by atoms with van der Waals surface area (Å²) in [7, 11) is 0. The van der Waals surface area contributed by atoms with Crippen molar-refractivity contribution in [2.24, 2.45) is 11.7 Å². The largest absolute Gasteiger partial charge is 0.330 e. The lowest BCUT2D eigenvalue weighted by atomic mass is 9.87. The predicted octanol–water partition coefficient (Wildman–Crippen LogP) is 2.49. The van der Waals surface area contributed by atoms with Crippen LogP contribution in [0, 0.1) is 17.6 Å². The molecule has 0 saturated carbocycles. The van der Waals surface area contributed by atoms with Crippen molar-refractivity contribution in [3.63, 3.8) is 0 Å². The van der Waals surface area contributed by atoms with Crippen molar-refractivity contribution in [2.75, 3.05) is 6.54 Å². The SMILES string of the molecule is NCC1CCc2nc(-c3ccc(F)c(F)c3)ncc2C1. The first-order chi connectivity index (χ1) is 9.67. The van der Waals surface area contributed by atoms with E-state index in [-0.39, 0.29) is 0 Å². The average Bonchev–Trinajstić information content (AvgIpc) is 2.49. The van der Waals surface area contributed by atoms with Gasteiger partial charge in [-0.15, -0.1) is 0 Å². The smallest absolute Gasteiger partial charge is 0.159 e. The summed E-state index contributed by atoms with van der Waals surface area (Å²) in [4.78, 5) is 8.74. The monoisotopic (exact) mass is 275 g/mol. The zero-order valence-corrected chi connectivity index (χ0v) is 10.9. The molecule has 20 heavy (non-hydrogen) atoms. The Hall–Kier alpha value is -1.88. The van der Waals surface area contributed by atoms with Crippen LogP contribution in [0.5, 0.6) is 0 Å². The third-order valence-corrected chi connectivity index (χ3v) is 3.76. The molecule has 3 nitrogen and oxygen atoms in total. The lowest BCUT2D eigenvalue weighted by molar-refractivity contribution is 0.462. The van der Waals surface area contributed by atoms with E-state index < -0.39 is 11.6 Å². The van der Waals surface area contributed by atoms with E-state index in [4.69, 9.17) is 5.73 Å². The minimum Gasteiger partial charge on any atom is -0.330 e. The highest BCUT2D eigenvalue weighted by Gasteiger charge is 2.19. The van der Waals surface area contributed by atoms with Crippen molar-refractivity contribution in [1.82, 2.24) is 9.97 Å². The molecule has 0 spiro atoms. The summed E-state index contributed by atoms with van der Waals surface area (Å²) in [6.07, 6.45) is 4.54. The lowest BCUT2D eigenvalue weighted by Crippen LogP contribution is -2.23. The highest BCUT2D eigenvalue weighted by molar-refractivity contribution is 5.55. The first-order valence-corrected chi connectivity index (χ1v) is 6.67. The van der Waals surface area contributed by atoms with Crippen molar-refractivity contribution in [1.29, 1.82) is 0 Å².